The van der Waals surface area contributed by atoms with Gasteiger partial charge in [-0.25, -0.2) is 0 Å². The minimum atomic E-state index is 0.156. The zero-order valence-corrected chi connectivity index (χ0v) is 11.9. The van der Waals surface area contributed by atoms with Crippen molar-refractivity contribution in [1.29, 1.82) is 0 Å². The van der Waals surface area contributed by atoms with E-state index in [9.17, 15) is 0 Å². The monoisotopic (exact) mass is 314 g/mol. The summed E-state index contributed by atoms with van der Waals surface area (Å²) in [7, 11) is 0. The quantitative estimate of drug-likeness (QED) is 0.930. The maximum atomic E-state index is 5.98. The van der Waals surface area contributed by atoms with Crippen molar-refractivity contribution in [3.63, 3.8) is 0 Å². The minimum absolute atomic E-state index is 0.156. The van der Waals surface area contributed by atoms with Crippen LogP contribution in [0, 0.1) is 0 Å². The summed E-state index contributed by atoms with van der Waals surface area (Å²) in [5, 5.41) is 0. The summed E-state index contributed by atoms with van der Waals surface area (Å²) in [4.78, 5) is 2.48. The van der Waals surface area contributed by atoms with Gasteiger partial charge in [0.2, 0.25) is 0 Å². The first-order valence-corrected chi connectivity index (χ1v) is 7.41. The number of ether oxygens (including phenoxy) is 1. The fraction of sp³-hybridized carbons (Fsp3) is 0.692. The molecule has 4 nitrogen and oxygen atoms in total. The van der Waals surface area contributed by atoms with Crippen molar-refractivity contribution in [3.05, 3.63) is 22.6 Å². The predicted molar refractivity (Wildman–Crippen MR) is 72.3 cm³/mol. The van der Waals surface area contributed by atoms with Gasteiger partial charge in [0.25, 0.3) is 0 Å². The highest BCUT2D eigenvalue weighted by molar-refractivity contribution is 9.10. The van der Waals surface area contributed by atoms with Gasteiger partial charge in [-0.1, -0.05) is 0 Å². The number of furan rings is 1. The summed E-state index contributed by atoms with van der Waals surface area (Å²) in [6.07, 6.45) is 5.75. The van der Waals surface area contributed by atoms with Crippen LogP contribution in [0.4, 0.5) is 0 Å². The van der Waals surface area contributed by atoms with Gasteiger partial charge in [0.05, 0.1) is 29.5 Å². The zero-order chi connectivity index (χ0) is 12.5. The van der Waals surface area contributed by atoms with E-state index in [0.717, 1.165) is 23.4 Å². The molecule has 18 heavy (non-hydrogen) atoms. The van der Waals surface area contributed by atoms with E-state index < -0.39 is 0 Å². The SMILES string of the molecule is NCC(c1occc1Br)N1CCOC2CCCC21. The van der Waals surface area contributed by atoms with Crippen molar-refractivity contribution in [2.45, 2.75) is 37.5 Å². The van der Waals surface area contributed by atoms with E-state index >= 15 is 0 Å². The minimum Gasteiger partial charge on any atom is -0.466 e. The summed E-state index contributed by atoms with van der Waals surface area (Å²) in [5.74, 6) is 0.949. The molecule has 2 N–H and O–H groups in total. The number of nitrogens with zero attached hydrogens (tertiary/aromatic N) is 1. The number of morpholine rings is 1. The smallest absolute Gasteiger partial charge is 0.136 e. The third kappa shape index (κ3) is 2.13. The lowest BCUT2D eigenvalue weighted by Gasteiger charge is -2.41. The summed E-state index contributed by atoms with van der Waals surface area (Å²) in [5.41, 5.74) is 5.98. The first-order valence-electron chi connectivity index (χ1n) is 6.61. The molecule has 5 heteroatoms. The Morgan fingerprint density at radius 3 is 3.11 bits per heavy atom. The highest BCUT2D eigenvalue weighted by atomic mass is 79.9. The van der Waals surface area contributed by atoms with Crippen molar-refractivity contribution in [2.24, 2.45) is 5.73 Å². The Bertz CT molecular complexity index is 409. The number of hydrogen-bond acceptors (Lipinski definition) is 4. The maximum absolute atomic E-state index is 5.98. The van der Waals surface area contributed by atoms with E-state index in [1.165, 1.54) is 19.3 Å². The van der Waals surface area contributed by atoms with Crippen LogP contribution in [0.5, 0.6) is 0 Å². The van der Waals surface area contributed by atoms with Crippen LogP contribution in [-0.4, -0.2) is 36.7 Å². The number of nitrogens with two attached hydrogens (primary N) is 1. The molecule has 3 atom stereocenters. The van der Waals surface area contributed by atoms with E-state index in [-0.39, 0.29) is 6.04 Å². The lowest BCUT2D eigenvalue weighted by molar-refractivity contribution is -0.0739. The molecular formula is C13H19BrN2O2. The highest BCUT2D eigenvalue weighted by Gasteiger charge is 2.40. The van der Waals surface area contributed by atoms with Gasteiger partial charge in [-0.2, -0.15) is 0 Å². The molecule has 0 bridgehead atoms. The lowest BCUT2D eigenvalue weighted by Crippen LogP contribution is -2.51. The molecule has 1 saturated carbocycles. The Morgan fingerprint density at radius 1 is 1.50 bits per heavy atom. The summed E-state index contributed by atoms with van der Waals surface area (Å²) >= 11 is 3.54. The van der Waals surface area contributed by atoms with Gasteiger partial charge in [0.1, 0.15) is 5.76 Å². The van der Waals surface area contributed by atoms with Crippen molar-refractivity contribution in [1.82, 2.24) is 4.90 Å². The van der Waals surface area contributed by atoms with Crippen LogP contribution in [0.3, 0.4) is 0 Å². The van der Waals surface area contributed by atoms with Crippen molar-refractivity contribution < 1.29 is 9.15 Å². The van der Waals surface area contributed by atoms with Crippen LogP contribution in [0.1, 0.15) is 31.1 Å². The van der Waals surface area contributed by atoms with Crippen LogP contribution in [-0.2, 0) is 4.74 Å². The number of hydrogen-bond donors (Lipinski definition) is 1. The van der Waals surface area contributed by atoms with Crippen LogP contribution >= 0.6 is 15.9 Å². The molecule has 1 aliphatic carbocycles. The Kier molecular flexibility index (Phi) is 3.75. The molecule has 0 aromatic carbocycles. The molecule has 1 saturated heterocycles. The zero-order valence-electron chi connectivity index (χ0n) is 10.3. The van der Waals surface area contributed by atoms with Gasteiger partial charge in [-0.05, 0) is 41.3 Å². The second kappa shape index (κ2) is 5.33. The fourth-order valence-electron chi connectivity index (χ4n) is 3.28. The maximum Gasteiger partial charge on any atom is 0.136 e. The number of halogens is 1. The predicted octanol–water partition coefficient (Wildman–Crippen LogP) is 2.30. The third-order valence-electron chi connectivity index (χ3n) is 4.10. The molecule has 2 fully saturated rings. The van der Waals surface area contributed by atoms with E-state index in [1.807, 2.05) is 6.07 Å². The van der Waals surface area contributed by atoms with Gasteiger partial charge in [0, 0.05) is 19.1 Å². The van der Waals surface area contributed by atoms with Gasteiger partial charge >= 0.3 is 0 Å². The summed E-state index contributed by atoms with van der Waals surface area (Å²) < 4.78 is 12.5. The van der Waals surface area contributed by atoms with Crippen LogP contribution in [0.15, 0.2) is 21.2 Å². The van der Waals surface area contributed by atoms with Crippen LogP contribution in [0.25, 0.3) is 0 Å². The van der Waals surface area contributed by atoms with Gasteiger partial charge in [-0.3, -0.25) is 4.90 Å². The first kappa shape index (κ1) is 12.7. The summed E-state index contributed by atoms with van der Waals surface area (Å²) in [6, 6.07) is 2.60. The summed E-state index contributed by atoms with van der Waals surface area (Å²) in [6.45, 7) is 2.32. The van der Waals surface area contributed by atoms with Gasteiger partial charge in [-0.15, -0.1) is 0 Å². The molecule has 1 aliphatic heterocycles. The number of fused-ring (bicyclic) bond motifs is 1. The van der Waals surface area contributed by atoms with E-state index in [0.29, 0.717) is 18.7 Å². The van der Waals surface area contributed by atoms with E-state index in [2.05, 4.69) is 20.8 Å². The molecule has 2 heterocycles. The topological polar surface area (TPSA) is 51.6 Å². The molecule has 0 spiro atoms. The molecule has 3 rings (SSSR count). The van der Waals surface area contributed by atoms with Crippen molar-refractivity contribution in [3.8, 4) is 0 Å². The Morgan fingerprint density at radius 2 is 2.39 bits per heavy atom. The van der Waals surface area contributed by atoms with E-state index in [4.69, 9.17) is 14.9 Å². The molecule has 0 amide bonds. The molecular weight excluding hydrogens is 296 g/mol. The molecule has 1 aromatic rings. The van der Waals surface area contributed by atoms with Crippen molar-refractivity contribution >= 4 is 15.9 Å². The molecule has 2 aliphatic rings. The van der Waals surface area contributed by atoms with Crippen LogP contribution in [0.2, 0.25) is 0 Å². The molecule has 0 radical (unpaired) electrons. The third-order valence-corrected chi connectivity index (χ3v) is 4.75. The molecule has 3 unspecified atom stereocenters. The first-order chi connectivity index (χ1) is 8.81. The Hall–Kier alpha value is -0.360. The second-order valence-corrected chi connectivity index (χ2v) is 5.88. The van der Waals surface area contributed by atoms with Gasteiger partial charge in [0.15, 0.2) is 0 Å². The average Bonchev–Trinajstić information content (AvgIpc) is 3.00. The standard InChI is InChI=1S/C13H19BrN2O2/c14-9-4-6-18-13(9)11(8-15)16-5-7-17-12-3-1-2-10(12)16/h4,6,10-12H,1-3,5,7-8,15H2. The van der Waals surface area contributed by atoms with E-state index in [1.54, 1.807) is 6.26 Å². The number of rotatable bonds is 3. The highest BCUT2D eigenvalue weighted by Crippen LogP contribution is 2.37. The normalized spacial score (nSPS) is 30.3. The van der Waals surface area contributed by atoms with Crippen molar-refractivity contribution in [2.75, 3.05) is 19.7 Å². The Labute approximate surface area is 116 Å². The molecule has 1 aromatic heterocycles. The van der Waals surface area contributed by atoms with Gasteiger partial charge < -0.3 is 14.9 Å². The van der Waals surface area contributed by atoms with Crippen LogP contribution < -0.4 is 5.73 Å². The average molecular weight is 315 g/mol. The Balaban J connectivity index is 1.85. The molecule has 100 valence electrons. The fourth-order valence-corrected chi connectivity index (χ4v) is 3.74. The largest absolute Gasteiger partial charge is 0.466 e. The lowest BCUT2D eigenvalue weighted by atomic mass is 10.1. The second-order valence-electron chi connectivity index (χ2n) is 5.03.